The maximum absolute atomic E-state index is 12.4. The zero-order valence-corrected chi connectivity index (χ0v) is 12.3. The van der Waals surface area contributed by atoms with Crippen LogP contribution in [-0.4, -0.2) is 18.0 Å². The lowest BCUT2D eigenvalue weighted by Gasteiger charge is -2.16. The highest BCUT2D eigenvalue weighted by Crippen LogP contribution is 2.59. The lowest BCUT2D eigenvalue weighted by molar-refractivity contribution is -0.123. The predicted molar refractivity (Wildman–Crippen MR) is 80.4 cm³/mol. The molecular formula is C17H24N2O. The van der Waals surface area contributed by atoms with Crippen molar-refractivity contribution in [3.63, 3.8) is 0 Å². The van der Waals surface area contributed by atoms with Crippen molar-refractivity contribution in [1.29, 1.82) is 0 Å². The van der Waals surface area contributed by atoms with Gasteiger partial charge in [-0.25, -0.2) is 0 Å². The van der Waals surface area contributed by atoms with Crippen LogP contribution in [0.15, 0.2) is 24.3 Å². The second-order valence-electron chi connectivity index (χ2n) is 6.58. The zero-order valence-electron chi connectivity index (χ0n) is 12.3. The van der Waals surface area contributed by atoms with Crippen molar-refractivity contribution in [2.45, 2.75) is 51.1 Å². The number of hydrogen-bond acceptors (Lipinski definition) is 2. The molecule has 0 spiro atoms. The van der Waals surface area contributed by atoms with Crippen LogP contribution < -0.4 is 11.1 Å². The molecule has 0 bridgehead atoms. The Hall–Kier alpha value is -1.35. The van der Waals surface area contributed by atoms with Gasteiger partial charge in [0.15, 0.2) is 0 Å². The molecule has 3 heteroatoms. The Kier molecular flexibility index (Phi) is 3.55. The van der Waals surface area contributed by atoms with Gasteiger partial charge in [0.2, 0.25) is 5.91 Å². The van der Waals surface area contributed by atoms with Crippen LogP contribution in [0, 0.1) is 11.8 Å². The molecule has 1 aromatic carbocycles. The van der Waals surface area contributed by atoms with Crippen LogP contribution >= 0.6 is 0 Å². The number of carbonyl (C=O) groups is 1. The summed E-state index contributed by atoms with van der Waals surface area (Å²) in [6.07, 6.45) is 3.11. The van der Waals surface area contributed by atoms with Gasteiger partial charge in [0.05, 0.1) is 0 Å². The van der Waals surface area contributed by atoms with Crippen LogP contribution in [0.2, 0.25) is 0 Å². The second-order valence-corrected chi connectivity index (χ2v) is 6.58. The highest BCUT2D eigenvalue weighted by molar-refractivity contribution is 5.84. The molecule has 0 heterocycles. The number of carbonyl (C=O) groups excluding carboxylic acids is 1. The van der Waals surface area contributed by atoms with E-state index in [1.54, 1.807) is 0 Å². The number of nitrogens with one attached hydrogen (secondary N) is 1. The van der Waals surface area contributed by atoms with Crippen molar-refractivity contribution in [2.24, 2.45) is 17.6 Å². The van der Waals surface area contributed by atoms with E-state index in [0.717, 1.165) is 19.3 Å². The molecule has 3 rings (SSSR count). The predicted octanol–water partition coefficient (Wildman–Crippen LogP) is 2.20. The summed E-state index contributed by atoms with van der Waals surface area (Å²) in [7, 11) is 0. The fourth-order valence-corrected chi connectivity index (χ4v) is 3.88. The lowest BCUT2D eigenvalue weighted by Crippen LogP contribution is -2.37. The van der Waals surface area contributed by atoms with Crippen molar-refractivity contribution in [2.75, 3.05) is 0 Å². The molecule has 2 aliphatic carbocycles. The fraction of sp³-hybridized carbons (Fsp3) is 0.588. The summed E-state index contributed by atoms with van der Waals surface area (Å²) in [5, 5.41) is 3.14. The van der Waals surface area contributed by atoms with Gasteiger partial charge in [-0.1, -0.05) is 24.3 Å². The minimum Gasteiger partial charge on any atom is -0.353 e. The molecule has 0 aromatic heterocycles. The molecule has 108 valence electrons. The van der Waals surface area contributed by atoms with Crippen LogP contribution in [0.5, 0.6) is 0 Å². The van der Waals surface area contributed by atoms with E-state index in [1.165, 1.54) is 11.1 Å². The molecule has 1 aromatic rings. The van der Waals surface area contributed by atoms with Crippen LogP contribution in [-0.2, 0) is 11.2 Å². The van der Waals surface area contributed by atoms with E-state index in [2.05, 4.69) is 29.6 Å². The van der Waals surface area contributed by atoms with E-state index in [-0.39, 0.29) is 23.9 Å². The van der Waals surface area contributed by atoms with Crippen molar-refractivity contribution < 1.29 is 4.79 Å². The van der Waals surface area contributed by atoms with Crippen LogP contribution in [0.25, 0.3) is 0 Å². The summed E-state index contributed by atoms with van der Waals surface area (Å²) in [6.45, 7) is 4.02. The Bertz CT molecular complexity index is 511. The average molecular weight is 272 g/mol. The van der Waals surface area contributed by atoms with E-state index in [4.69, 9.17) is 5.73 Å². The number of hydrogen-bond donors (Lipinski definition) is 2. The molecule has 1 fully saturated rings. The van der Waals surface area contributed by atoms with Crippen molar-refractivity contribution in [1.82, 2.24) is 5.32 Å². The average Bonchev–Trinajstić information content (AvgIpc) is 3.12. The molecule has 1 amide bonds. The maximum atomic E-state index is 12.4. The molecule has 2 aliphatic rings. The molecular weight excluding hydrogens is 248 g/mol. The first-order valence-corrected chi connectivity index (χ1v) is 7.71. The van der Waals surface area contributed by atoms with Gasteiger partial charge in [0.25, 0.3) is 0 Å². The Morgan fingerprint density at radius 3 is 2.90 bits per heavy atom. The number of benzene rings is 1. The van der Waals surface area contributed by atoms with Gasteiger partial charge in [-0.2, -0.15) is 0 Å². The largest absolute Gasteiger partial charge is 0.353 e. The highest BCUT2D eigenvalue weighted by atomic mass is 16.2. The molecule has 0 aliphatic heterocycles. The zero-order chi connectivity index (χ0) is 14.3. The van der Waals surface area contributed by atoms with Gasteiger partial charge in [-0.15, -0.1) is 0 Å². The Balaban J connectivity index is 1.65. The van der Waals surface area contributed by atoms with Gasteiger partial charge >= 0.3 is 0 Å². The topological polar surface area (TPSA) is 55.1 Å². The third-order valence-corrected chi connectivity index (χ3v) is 4.75. The standard InChI is InChI=1S/C17H24N2O/c1-10(18)9-11(2)19-17(20)16-14-8-7-12-5-3-4-6-13(12)15(14)16/h3-6,10-11,14-16H,7-9,18H2,1-2H3,(H,19,20). The normalized spacial score (nSPS) is 29.9. The molecule has 1 saturated carbocycles. The first-order chi connectivity index (χ1) is 9.58. The van der Waals surface area contributed by atoms with Gasteiger partial charge in [0.1, 0.15) is 0 Å². The van der Waals surface area contributed by atoms with Crippen molar-refractivity contribution in [3.8, 4) is 0 Å². The maximum Gasteiger partial charge on any atom is 0.224 e. The number of amides is 1. The van der Waals surface area contributed by atoms with E-state index < -0.39 is 0 Å². The Labute approximate surface area is 120 Å². The number of aryl methyl sites for hydroxylation is 1. The lowest BCUT2D eigenvalue weighted by atomic mass is 9.92. The van der Waals surface area contributed by atoms with Crippen molar-refractivity contribution in [3.05, 3.63) is 35.4 Å². The quantitative estimate of drug-likeness (QED) is 0.883. The smallest absolute Gasteiger partial charge is 0.224 e. The van der Waals surface area contributed by atoms with E-state index >= 15 is 0 Å². The SMILES string of the molecule is CC(N)CC(C)NC(=O)C1C2CCc3ccccc3C21. The van der Waals surface area contributed by atoms with Crippen LogP contribution in [0.4, 0.5) is 0 Å². The fourth-order valence-electron chi connectivity index (χ4n) is 3.88. The molecule has 3 nitrogen and oxygen atoms in total. The second kappa shape index (κ2) is 5.21. The molecule has 0 saturated heterocycles. The summed E-state index contributed by atoms with van der Waals surface area (Å²) >= 11 is 0. The van der Waals surface area contributed by atoms with Crippen LogP contribution in [0.1, 0.15) is 43.7 Å². The number of rotatable bonds is 4. The number of fused-ring (bicyclic) bond motifs is 3. The van der Waals surface area contributed by atoms with Gasteiger partial charge in [0, 0.05) is 18.0 Å². The van der Waals surface area contributed by atoms with Gasteiger partial charge < -0.3 is 11.1 Å². The molecule has 5 atom stereocenters. The third kappa shape index (κ3) is 2.47. The van der Waals surface area contributed by atoms with Crippen LogP contribution in [0.3, 0.4) is 0 Å². The molecule has 20 heavy (non-hydrogen) atoms. The summed E-state index contributed by atoms with van der Waals surface area (Å²) in [5.74, 6) is 1.44. The molecule has 3 N–H and O–H groups in total. The summed E-state index contributed by atoms with van der Waals surface area (Å²) < 4.78 is 0. The van der Waals surface area contributed by atoms with Gasteiger partial charge in [-0.3, -0.25) is 4.79 Å². The Morgan fingerprint density at radius 1 is 1.40 bits per heavy atom. The van der Waals surface area contributed by atoms with Gasteiger partial charge in [-0.05, 0) is 56.1 Å². The number of nitrogens with two attached hydrogens (primary N) is 1. The minimum absolute atomic E-state index is 0.132. The van der Waals surface area contributed by atoms with E-state index in [1.807, 2.05) is 13.8 Å². The van der Waals surface area contributed by atoms with E-state index in [9.17, 15) is 4.79 Å². The summed E-state index contributed by atoms with van der Waals surface area (Å²) in [4.78, 5) is 12.4. The first kappa shape index (κ1) is 13.6. The monoisotopic (exact) mass is 272 g/mol. The third-order valence-electron chi connectivity index (χ3n) is 4.75. The minimum atomic E-state index is 0.132. The molecule has 5 unspecified atom stereocenters. The Morgan fingerprint density at radius 2 is 2.15 bits per heavy atom. The summed E-state index contributed by atoms with van der Waals surface area (Å²) in [6, 6.07) is 8.89. The van der Waals surface area contributed by atoms with Crippen molar-refractivity contribution >= 4 is 5.91 Å². The first-order valence-electron chi connectivity index (χ1n) is 7.71. The summed E-state index contributed by atoms with van der Waals surface area (Å²) in [5.41, 5.74) is 8.63. The molecule has 0 radical (unpaired) electrons. The highest BCUT2D eigenvalue weighted by Gasteiger charge is 2.56. The van der Waals surface area contributed by atoms with E-state index in [0.29, 0.717) is 11.8 Å².